The highest BCUT2D eigenvalue weighted by molar-refractivity contribution is 6.74. The van der Waals surface area contributed by atoms with E-state index in [1.165, 1.54) is 12.8 Å². The summed E-state index contributed by atoms with van der Waals surface area (Å²) < 4.78 is 18.9. The fraction of sp³-hybridized carbons (Fsp3) is 0.696. The summed E-state index contributed by atoms with van der Waals surface area (Å²) in [5, 5.41) is 0.0686. The fourth-order valence-electron chi connectivity index (χ4n) is 3.48. The van der Waals surface area contributed by atoms with Crippen LogP contribution in [0.25, 0.3) is 0 Å². The Morgan fingerprint density at radius 3 is 2.39 bits per heavy atom. The summed E-state index contributed by atoms with van der Waals surface area (Å²) in [4.78, 5) is 11.5. The molecule has 158 valence electrons. The molecule has 1 aromatic carbocycles. The molecule has 5 heteroatoms. The number of aldehydes is 1. The highest BCUT2D eigenvalue weighted by Crippen LogP contribution is 2.42. The lowest BCUT2D eigenvalue weighted by molar-refractivity contribution is -0.117. The molecule has 4 nitrogen and oxygen atoms in total. The van der Waals surface area contributed by atoms with E-state index in [4.69, 9.17) is 13.9 Å². The first-order valence-corrected chi connectivity index (χ1v) is 13.4. The van der Waals surface area contributed by atoms with Crippen LogP contribution < -0.4 is 4.74 Å². The number of benzene rings is 1. The van der Waals surface area contributed by atoms with E-state index >= 15 is 0 Å². The zero-order valence-electron chi connectivity index (χ0n) is 18.7. The van der Waals surface area contributed by atoms with Gasteiger partial charge in [0.1, 0.15) is 12.0 Å². The molecule has 0 saturated heterocycles. The second kappa shape index (κ2) is 9.55. The van der Waals surface area contributed by atoms with Gasteiger partial charge in [0.25, 0.3) is 0 Å². The van der Waals surface area contributed by atoms with Crippen molar-refractivity contribution in [3.8, 4) is 5.75 Å². The summed E-state index contributed by atoms with van der Waals surface area (Å²) in [6.07, 6.45) is 5.51. The number of methoxy groups -OCH3 is 1. The van der Waals surface area contributed by atoms with Gasteiger partial charge >= 0.3 is 0 Å². The molecule has 0 aliphatic heterocycles. The van der Waals surface area contributed by atoms with E-state index in [0.29, 0.717) is 6.42 Å². The van der Waals surface area contributed by atoms with Crippen molar-refractivity contribution < 1.29 is 18.7 Å². The summed E-state index contributed by atoms with van der Waals surface area (Å²) in [5.74, 6) is 0.840. The average Bonchev–Trinajstić information content (AvgIpc) is 3.12. The summed E-state index contributed by atoms with van der Waals surface area (Å²) in [5.41, 5.74) is 2.11. The third-order valence-electron chi connectivity index (χ3n) is 6.32. The Balaban J connectivity index is 2.41. The molecule has 0 bridgehead atoms. The molecule has 1 aliphatic rings. The van der Waals surface area contributed by atoms with Crippen LogP contribution in [0.4, 0.5) is 0 Å². The number of carbonyl (C=O) groups is 1. The lowest BCUT2D eigenvalue weighted by Gasteiger charge is -2.42. The van der Waals surface area contributed by atoms with Crippen molar-refractivity contribution >= 4 is 14.6 Å². The quantitative estimate of drug-likeness (QED) is 0.373. The number of hydrogen-bond donors (Lipinski definition) is 0. The van der Waals surface area contributed by atoms with Crippen LogP contribution in [-0.2, 0) is 14.0 Å². The van der Waals surface area contributed by atoms with Gasteiger partial charge in [0.15, 0.2) is 8.32 Å². The van der Waals surface area contributed by atoms with Gasteiger partial charge in [0.2, 0.25) is 0 Å². The van der Waals surface area contributed by atoms with Crippen molar-refractivity contribution in [1.29, 1.82) is 0 Å². The highest BCUT2D eigenvalue weighted by Gasteiger charge is 2.42. The molecule has 1 saturated carbocycles. The molecule has 2 rings (SSSR count). The number of ether oxygens (including phenoxy) is 2. The Kier molecular flexibility index (Phi) is 7.88. The molecule has 1 fully saturated rings. The monoisotopic (exact) mass is 406 g/mol. The SMILES string of the molecule is COc1cc([C@@H](O[Si](C)(C)C(C)(C)C)[C@H](CC=O)OC2CCCC2)ccc1C. The topological polar surface area (TPSA) is 44.8 Å². The van der Waals surface area contributed by atoms with Gasteiger partial charge in [-0.1, -0.05) is 45.7 Å². The first-order chi connectivity index (χ1) is 13.1. The minimum Gasteiger partial charge on any atom is -0.496 e. The lowest BCUT2D eigenvalue weighted by Crippen LogP contribution is -2.44. The molecule has 2 atom stereocenters. The summed E-state index contributed by atoms with van der Waals surface area (Å²) >= 11 is 0. The summed E-state index contributed by atoms with van der Waals surface area (Å²) in [7, 11) is -0.388. The molecule has 0 radical (unpaired) electrons. The lowest BCUT2D eigenvalue weighted by atomic mass is 10.00. The maximum Gasteiger partial charge on any atom is 0.193 e. The third-order valence-corrected chi connectivity index (χ3v) is 10.8. The Morgan fingerprint density at radius 1 is 1.21 bits per heavy atom. The van der Waals surface area contributed by atoms with Gasteiger partial charge in [-0.3, -0.25) is 0 Å². The Morgan fingerprint density at radius 2 is 1.86 bits per heavy atom. The third kappa shape index (κ3) is 5.68. The van der Waals surface area contributed by atoms with E-state index in [2.05, 4.69) is 46.0 Å². The van der Waals surface area contributed by atoms with Gasteiger partial charge in [-0.15, -0.1) is 0 Å². The Bertz CT molecular complexity index is 644. The van der Waals surface area contributed by atoms with E-state index in [-0.39, 0.29) is 23.4 Å². The zero-order chi connectivity index (χ0) is 20.9. The van der Waals surface area contributed by atoms with Gasteiger partial charge in [0.05, 0.1) is 25.4 Å². The molecular formula is C23H38O4Si. The molecule has 0 amide bonds. The fourth-order valence-corrected chi connectivity index (χ4v) is 4.76. The molecule has 0 N–H and O–H groups in total. The minimum absolute atomic E-state index is 0.0686. The van der Waals surface area contributed by atoms with E-state index in [1.807, 2.05) is 13.0 Å². The second-order valence-corrected chi connectivity index (χ2v) is 14.3. The zero-order valence-corrected chi connectivity index (χ0v) is 19.7. The number of aryl methyl sites for hydroxylation is 1. The van der Waals surface area contributed by atoms with Crippen molar-refractivity contribution in [3.05, 3.63) is 29.3 Å². The van der Waals surface area contributed by atoms with Crippen LogP contribution in [0.1, 0.15) is 70.1 Å². The van der Waals surface area contributed by atoms with Crippen molar-refractivity contribution in [2.24, 2.45) is 0 Å². The smallest absolute Gasteiger partial charge is 0.193 e. The van der Waals surface area contributed by atoms with E-state index in [0.717, 1.165) is 36.0 Å². The molecular weight excluding hydrogens is 368 g/mol. The van der Waals surface area contributed by atoms with Crippen LogP contribution in [0.15, 0.2) is 18.2 Å². The van der Waals surface area contributed by atoms with E-state index < -0.39 is 8.32 Å². The van der Waals surface area contributed by atoms with Crippen LogP contribution >= 0.6 is 0 Å². The van der Waals surface area contributed by atoms with Gasteiger partial charge in [-0.05, 0) is 55.1 Å². The van der Waals surface area contributed by atoms with Gasteiger partial charge < -0.3 is 18.7 Å². The molecule has 0 spiro atoms. The second-order valence-electron chi connectivity index (χ2n) is 9.51. The van der Waals surface area contributed by atoms with Crippen LogP contribution in [-0.4, -0.2) is 33.9 Å². The number of rotatable bonds is 9. The van der Waals surface area contributed by atoms with Crippen LogP contribution in [0.3, 0.4) is 0 Å². The maximum atomic E-state index is 11.5. The Hall–Kier alpha value is -1.17. The Labute approximate surface area is 172 Å². The van der Waals surface area contributed by atoms with Crippen molar-refractivity contribution in [3.63, 3.8) is 0 Å². The predicted molar refractivity (Wildman–Crippen MR) is 117 cm³/mol. The molecule has 1 aliphatic carbocycles. The number of hydrogen-bond acceptors (Lipinski definition) is 4. The molecule has 0 unspecified atom stereocenters. The van der Waals surface area contributed by atoms with E-state index in [1.54, 1.807) is 7.11 Å². The first-order valence-electron chi connectivity index (χ1n) is 10.5. The van der Waals surface area contributed by atoms with Gasteiger partial charge in [-0.2, -0.15) is 0 Å². The predicted octanol–water partition coefficient (Wildman–Crippen LogP) is 5.98. The van der Waals surface area contributed by atoms with Crippen LogP contribution in [0, 0.1) is 6.92 Å². The highest BCUT2D eigenvalue weighted by atomic mass is 28.4. The van der Waals surface area contributed by atoms with Crippen LogP contribution in [0.2, 0.25) is 18.1 Å². The molecule has 0 aromatic heterocycles. The molecule has 28 heavy (non-hydrogen) atoms. The van der Waals surface area contributed by atoms with Crippen molar-refractivity contribution in [2.45, 2.75) is 96.2 Å². The van der Waals surface area contributed by atoms with Crippen LogP contribution in [0.5, 0.6) is 5.75 Å². The van der Waals surface area contributed by atoms with Gasteiger partial charge in [-0.25, -0.2) is 0 Å². The summed E-state index contributed by atoms with van der Waals surface area (Å²) in [6.45, 7) is 13.2. The van der Waals surface area contributed by atoms with Crippen molar-refractivity contribution in [1.82, 2.24) is 0 Å². The normalized spacial score (nSPS) is 18.1. The van der Waals surface area contributed by atoms with E-state index in [9.17, 15) is 4.79 Å². The van der Waals surface area contributed by atoms with Crippen molar-refractivity contribution in [2.75, 3.05) is 7.11 Å². The maximum absolute atomic E-state index is 11.5. The average molecular weight is 407 g/mol. The summed E-state index contributed by atoms with van der Waals surface area (Å²) in [6, 6.07) is 6.19. The molecule has 1 aromatic rings. The standard InChI is InChI=1S/C23H38O4Si/c1-17-12-13-18(16-21(17)25-5)22(27-28(6,7)23(2,3)4)20(14-15-24)26-19-10-8-9-11-19/h12-13,15-16,19-20,22H,8-11,14H2,1-7H3/t20-,22+/m0/s1. The number of carbonyl (C=O) groups excluding carboxylic acids is 1. The first kappa shape index (κ1) is 23.1. The largest absolute Gasteiger partial charge is 0.496 e. The van der Waals surface area contributed by atoms with Gasteiger partial charge in [0, 0.05) is 6.42 Å². The minimum atomic E-state index is -2.08. The molecule has 0 heterocycles.